The molecule has 0 aromatic heterocycles. The van der Waals surface area contributed by atoms with Gasteiger partial charge in [0.2, 0.25) is 5.91 Å². The normalized spacial score (nSPS) is 21.3. The van der Waals surface area contributed by atoms with Gasteiger partial charge in [-0.15, -0.1) is 0 Å². The molecule has 1 aromatic carbocycles. The molecule has 1 unspecified atom stereocenters. The lowest BCUT2D eigenvalue weighted by atomic mass is 10.0. The number of carbonyl (C=O) groups is 2. The molecule has 3 rings (SSSR count). The highest BCUT2D eigenvalue weighted by molar-refractivity contribution is 6.30. The molecule has 2 heterocycles. The fraction of sp³-hybridized carbons (Fsp3) is 0.619. The number of amides is 3. The highest BCUT2D eigenvalue weighted by Crippen LogP contribution is 2.20. The van der Waals surface area contributed by atoms with Gasteiger partial charge in [-0.05, 0) is 63.0 Å². The van der Waals surface area contributed by atoms with Crippen LogP contribution < -0.4 is 5.32 Å². The number of anilines is 1. The van der Waals surface area contributed by atoms with E-state index in [0.717, 1.165) is 51.0 Å². The number of halogens is 1. The van der Waals surface area contributed by atoms with E-state index in [1.807, 2.05) is 4.90 Å². The second-order valence-electron chi connectivity index (χ2n) is 7.65. The molecule has 0 bridgehead atoms. The molecule has 2 saturated heterocycles. The molecule has 3 amide bonds. The Hall–Kier alpha value is -1.79. The summed E-state index contributed by atoms with van der Waals surface area (Å²) in [6, 6.07) is 6.99. The fourth-order valence-electron chi connectivity index (χ4n) is 4.11. The Morgan fingerprint density at radius 3 is 2.46 bits per heavy atom. The largest absolute Gasteiger partial charge is 0.339 e. The standard InChI is InChI=1S/C21H31ClN4O2/c1-2-11-24-12-4-3-6-19(24)20(27)25-13-5-14-26(16-15-25)21(28)23-18-9-7-17(22)8-10-18/h7-10,19H,2-6,11-16H2,1H3,(H,23,28). The molecular formula is C21H31ClN4O2. The number of hydrogen-bond donors (Lipinski definition) is 1. The molecule has 0 radical (unpaired) electrons. The second-order valence-corrected chi connectivity index (χ2v) is 8.09. The van der Waals surface area contributed by atoms with Gasteiger partial charge in [-0.2, -0.15) is 0 Å². The van der Waals surface area contributed by atoms with E-state index in [1.165, 1.54) is 6.42 Å². The van der Waals surface area contributed by atoms with E-state index in [2.05, 4.69) is 17.1 Å². The summed E-state index contributed by atoms with van der Waals surface area (Å²) < 4.78 is 0. The van der Waals surface area contributed by atoms with Crippen LogP contribution in [0.5, 0.6) is 0 Å². The van der Waals surface area contributed by atoms with E-state index in [9.17, 15) is 9.59 Å². The molecule has 0 spiro atoms. The predicted molar refractivity (Wildman–Crippen MR) is 113 cm³/mol. The first-order chi connectivity index (χ1) is 13.6. The van der Waals surface area contributed by atoms with Crippen molar-refractivity contribution in [3.8, 4) is 0 Å². The molecule has 0 saturated carbocycles. The summed E-state index contributed by atoms with van der Waals surface area (Å²) in [4.78, 5) is 31.8. The Morgan fingerprint density at radius 1 is 1.00 bits per heavy atom. The third kappa shape index (κ3) is 5.39. The first kappa shape index (κ1) is 20.9. The van der Waals surface area contributed by atoms with Gasteiger partial charge in [0, 0.05) is 36.9 Å². The maximum absolute atomic E-state index is 13.1. The van der Waals surface area contributed by atoms with E-state index in [1.54, 1.807) is 29.2 Å². The summed E-state index contributed by atoms with van der Waals surface area (Å²) in [7, 11) is 0. The van der Waals surface area contributed by atoms with Gasteiger partial charge in [0.25, 0.3) is 0 Å². The summed E-state index contributed by atoms with van der Waals surface area (Å²) >= 11 is 5.89. The smallest absolute Gasteiger partial charge is 0.321 e. The minimum Gasteiger partial charge on any atom is -0.339 e. The maximum atomic E-state index is 13.1. The zero-order valence-electron chi connectivity index (χ0n) is 16.7. The number of benzene rings is 1. The van der Waals surface area contributed by atoms with Crippen LogP contribution in [0.25, 0.3) is 0 Å². The third-order valence-corrected chi connectivity index (χ3v) is 5.85. The average Bonchev–Trinajstić information content (AvgIpc) is 2.96. The van der Waals surface area contributed by atoms with Gasteiger partial charge in [0.15, 0.2) is 0 Å². The molecule has 1 N–H and O–H groups in total. The average molecular weight is 407 g/mol. The van der Waals surface area contributed by atoms with Gasteiger partial charge in [0.1, 0.15) is 0 Å². The Kier molecular flexibility index (Phi) is 7.57. The molecule has 2 fully saturated rings. The van der Waals surface area contributed by atoms with Crippen molar-refractivity contribution in [3.05, 3.63) is 29.3 Å². The highest BCUT2D eigenvalue weighted by atomic mass is 35.5. The molecule has 2 aliphatic rings. The van der Waals surface area contributed by atoms with Gasteiger partial charge < -0.3 is 15.1 Å². The third-order valence-electron chi connectivity index (χ3n) is 5.60. The number of rotatable bonds is 4. The molecule has 7 heteroatoms. The number of carbonyl (C=O) groups excluding carboxylic acids is 2. The zero-order chi connectivity index (χ0) is 19.9. The van der Waals surface area contributed by atoms with Crippen LogP contribution in [-0.4, -0.2) is 71.9 Å². The monoisotopic (exact) mass is 406 g/mol. The quantitative estimate of drug-likeness (QED) is 0.829. The first-order valence-corrected chi connectivity index (χ1v) is 10.8. The summed E-state index contributed by atoms with van der Waals surface area (Å²) in [6.45, 7) is 6.72. The van der Waals surface area contributed by atoms with Gasteiger partial charge in [-0.1, -0.05) is 24.9 Å². The van der Waals surface area contributed by atoms with Crippen LogP contribution >= 0.6 is 11.6 Å². The Morgan fingerprint density at radius 2 is 1.71 bits per heavy atom. The lowest BCUT2D eigenvalue weighted by Crippen LogP contribution is -2.52. The van der Waals surface area contributed by atoms with Crippen LogP contribution in [0.15, 0.2) is 24.3 Å². The number of nitrogens with one attached hydrogen (secondary N) is 1. The summed E-state index contributed by atoms with van der Waals surface area (Å²) in [5, 5.41) is 3.56. The Labute approximate surface area is 172 Å². The first-order valence-electron chi connectivity index (χ1n) is 10.4. The number of hydrogen-bond acceptors (Lipinski definition) is 3. The van der Waals surface area contributed by atoms with Crippen LogP contribution in [0, 0.1) is 0 Å². The topological polar surface area (TPSA) is 55.9 Å². The number of nitrogens with zero attached hydrogens (tertiary/aromatic N) is 3. The fourth-order valence-corrected chi connectivity index (χ4v) is 4.24. The maximum Gasteiger partial charge on any atom is 0.321 e. The Bertz CT molecular complexity index is 665. The minimum atomic E-state index is -0.123. The van der Waals surface area contributed by atoms with Crippen molar-refractivity contribution in [1.29, 1.82) is 0 Å². The predicted octanol–water partition coefficient (Wildman–Crippen LogP) is 3.67. The van der Waals surface area contributed by atoms with E-state index >= 15 is 0 Å². The number of urea groups is 1. The van der Waals surface area contributed by atoms with Gasteiger partial charge in [-0.25, -0.2) is 4.79 Å². The van der Waals surface area contributed by atoms with E-state index < -0.39 is 0 Å². The van der Waals surface area contributed by atoms with Gasteiger partial charge in [0.05, 0.1) is 6.04 Å². The molecule has 1 aromatic rings. The summed E-state index contributed by atoms with van der Waals surface area (Å²) in [5.74, 6) is 0.244. The number of likely N-dealkylation sites (tertiary alicyclic amines) is 1. The zero-order valence-corrected chi connectivity index (χ0v) is 17.5. The Balaban J connectivity index is 1.55. The van der Waals surface area contributed by atoms with Crippen molar-refractivity contribution >= 4 is 29.2 Å². The van der Waals surface area contributed by atoms with Gasteiger partial charge >= 0.3 is 6.03 Å². The number of piperidine rings is 1. The lowest BCUT2D eigenvalue weighted by molar-refractivity contribution is -0.138. The van der Waals surface area contributed by atoms with Crippen LogP contribution in [0.1, 0.15) is 39.0 Å². The van der Waals surface area contributed by atoms with E-state index in [-0.39, 0.29) is 18.0 Å². The minimum absolute atomic E-state index is 0.0168. The van der Waals surface area contributed by atoms with Crippen LogP contribution in [-0.2, 0) is 4.79 Å². The van der Waals surface area contributed by atoms with Crippen molar-refractivity contribution in [2.45, 2.75) is 45.1 Å². The summed E-state index contributed by atoms with van der Waals surface area (Å²) in [5.41, 5.74) is 0.726. The molecule has 2 aliphatic heterocycles. The molecule has 6 nitrogen and oxygen atoms in total. The van der Waals surface area contributed by atoms with Crippen LogP contribution in [0.2, 0.25) is 5.02 Å². The van der Waals surface area contributed by atoms with Crippen molar-refractivity contribution in [2.75, 3.05) is 44.6 Å². The second kappa shape index (κ2) is 10.1. The van der Waals surface area contributed by atoms with Crippen LogP contribution in [0.4, 0.5) is 10.5 Å². The molecule has 28 heavy (non-hydrogen) atoms. The van der Waals surface area contributed by atoms with Gasteiger partial charge in [-0.3, -0.25) is 9.69 Å². The lowest BCUT2D eigenvalue weighted by Gasteiger charge is -2.37. The van der Waals surface area contributed by atoms with Crippen molar-refractivity contribution in [1.82, 2.24) is 14.7 Å². The molecule has 154 valence electrons. The van der Waals surface area contributed by atoms with Crippen molar-refractivity contribution in [3.63, 3.8) is 0 Å². The summed E-state index contributed by atoms with van der Waals surface area (Å²) in [6.07, 6.45) is 5.14. The van der Waals surface area contributed by atoms with E-state index in [4.69, 9.17) is 11.6 Å². The highest BCUT2D eigenvalue weighted by Gasteiger charge is 2.32. The van der Waals surface area contributed by atoms with E-state index in [0.29, 0.717) is 24.7 Å². The van der Waals surface area contributed by atoms with Crippen LogP contribution in [0.3, 0.4) is 0 Å². The van der Waals surface area contributed by atoms with Crippen molar-refractivity contribution < 1.29 is 9.59 Å². The molecule has 1 atom stereocenters. The van der Waals surface area contributed by atoms with Crippen molar-refractivity contribution in [2.24, 2.45) is 0 Å². The molecule has 0 aliphatic carbocycles. The SMILES string of the molecule is CCCN1CCCCC1C(=O)N1CCCN(C(=O)Nc2ccc(Cl)cc2)CC1. The molecular weight excluding hydrogens is 376 g/mol.